The minimum Gasteiger partial charge on any atom is -0.343 e. The van der Waals surface area contributed by atoms with Gasteiger partial charge in [0.25, 0.3) is 5.91 Å². The molecule has 0 radical (unpaired) electrons. The Kier molecular flexibility index (Phi) is 4.13. The van der Waals surface area contributed by atoms with Crippen molar-refractivity contribution in [3.8, 4) is 0 Å². The van der Waals surface area contributed by atoms with Crippen LogP contribution in [0.1, 0.15) is 23.3 Å². The van der Waals surface area contributed by atoms with Crippen LogP contribution in [0.25, 0.3) is 5.65 Å². The van der Waals surface area contributed by atoms with E-state index in [4.69, 9.17) is 0 Å². The van der Waals surface area contributed by atoms with Crippen LogP contribution in [0.2, 0.25) is 0 Å². The molecule has 27 heavy (non-hydrogen) atoms. The molecule has 1 fully saturated rings. The lowest BCUT2D eigenvalue weighted by atomic mass is 10.2. The van der Waals surface area contributed by atoms with Gasteiger partial charge in [-0.3, -0.25) is 4.79 Å². The van der Waals surface area contributed by atoms with Gasteiger partial charge in [0.05, 0.1) is 6.20 Å². The number of amides is 1. The van der Waals surface area contributed by atoms with Crippen molar-refractivity contribution in [1.29, 1.82) is 0 Å². The first-order valence-electron chi connectivity index (χ1n) is 8.21. The van der Waals surface area contributed by atoms with Gasteiger partial charge in [-0.15, -0.1) is 10.2 Å². The van der Waals surface area contributed by atoms with Crippen molar-refractivity contribution >= 4 is 23.2 Å². The summed E-state index contributed by atoms with van der Waals surface area (Å²) in [6, 6.07) is 4.61. The van der Waals surface area contributed by atoms with Gasteiger partial charge in [-0.25, -0.2) is 9.50 Å². The summed E-state index contributed by atoms with van der Waals surface area (Å²) in [6.07, 6.45) is -1.12. The molecule has 1 unspecified atom stereocenters. The van der Waals surface area contributed by atoms with Crippen molar-refractivity contribution in [2.75, 3.05) is 16.8 Å². The number of nitrogens with one attached hydrogen (secondary N) is 1. The fraction of sp³-hybridized carbons (Fsp3) is 0.312. The molecule has 1 saturated heterocycles. The molecule has 1 aliphatic heterocycles. The zero-order valence-electron chi connectivity index (χ0n) is 13.9. The summed E-state index contributed by atoms with van der Waals surface area (Å²) < 4.78 is 40.9. The Morgan fingerprint density at radius 2 is 2.11 bits per heavy atom. The predicted molar refractivity (Wildman–Crippen MR) is 89.4 cm³/mol. The molecule has 1 N–H and O–H groups in total. The molecule has 0 bridgehead atoms. The van der Waals surface area contributed by atoms with Gasteiger partial charge in [0.1, 0.15) is 11.9 Å². The lowest BCUT2D eigenvalue weighted by Gasteiger charge is -2.27. The molecule has 11 heteroatoms. The molecule has 0 spiro atoms. The molecule has 0 aliphatic carbocycles. The summed E-state index contributed by atoms with van der Waals surface area (Å²) in [4.78, 5) is 17.8. The van der Waals surface area contributed by atoms with Gasteiger partial charge in [0, 0.05) is 12.7 Å². The number of aromatic nitrogens is 5. The Balaban J connectivity index is 1.66. The fourth-order valence-corrected chi connectivity index (χ4v) is 3.10. The van der Waals surface area contributed by atoms with Gasteiger partial charge in [-0.05, 0) is 37.1 Å². The maximum absolute atomic E-state index is 13.2. The summed E-state index contributed by atoms with van der Waals surface area (Å²) >= 11 is 0. The fourth-order valence-electron chi connectivity index (χ4n) is 3.10. The summed E-state index contributed by atoms with van der Waals surface area (Å²) in [7, 11) is 0. The third-order valence-electron chi connectivity index (χ3n) is 4.32. The van der Waals surface area contributed by atoms with Gasteiger partial charge >= 0.3 is 6.18 Å². The number of fused-ring (bicyclic) bond motifs is 1. The van der Waals surface area contributed by atoms with E-state index in [1.54, 1.807) is 12.1 Å². The first kappa shape index (κ1) is 17.2. The molecule has 8 nitrogen and oxygen atoms in total. The molecule has 4 rings (SSSR count). The van der Waals surface area contributed by atoms with Gasteiger partial charge < -0.3 is 10.2 Å². The molecule has 4 heterocycles. The van der Waals surface area contributed by atoms with Crippen molar-refractivity contribution in [3.63, 3.8) is 0 Å². The van der Waals surface area contributed by atoms with E-state index in [2.05, 4.69) is 25.6 Å². The highest BCUT2D eigenvalue weighted by atomic mass is 19.4. The highest BCUT2D eigenvalue weighted by Gasteiger charge is 2.46. The summed E-state index contributed by atoms with van der Waals surface area (Å²) in [6.45, 7) is 0.249. The zero-order chi connectivity index (χ0) is 19.0. The number of carbonyl (C=O) groups is 1. The van der Waals surface area contributed by atoms with E-state index in [9.17, 15) is 18.0 Å². The lowest BCUT2D eigenvalue weighted by Crippen LogP contribution is -2.41. The second kappa shape index (κ2) is 6.49. The third kappa shape index (κ3) is 3.27. The monoisotopic (exact) mass is 377 g/mol. The van der Waals surface area contributed by atoms with Crippen molar-refractivity contribution < 1.29 is 18.0 Å². The third-order valence-corrected chi connectivity index (χ3v) is 4.32. The second-order valence-electron chi connectivity index (χ2n) is 6.06. The van der Waals surface area contributed by atoms with Crippen LogP contribution in [0.15, 0.2) is 36.7 Å². The van der Waals surface area contributed by atoms with Crippen molar-refractivity contribution in [2.24, 2.45) is 0 Å². The van der Waals surface area contributed by atoms with Crippen LogP contribution in [-0.2, 0) is 0 Å². The summed E-state index contributed by atoms with van der Waals surface area (Å²) in [5.41, 5.74) is 0.436. The molecule has 3 aromatic rings. The van der Waals surface area contributed by atoms with Gasteiger partial charge in [0.2, 0.25) is 0 Å². The number of hydrogen-bond donors (Lipinski definition) is 1. The number of nitrogens with zero attached hydrogens (tertiary/aromatic N) is 6. The van der Waals surface area contributed by atoms with E-state index in [1.165, 1.54) is 33.9 Å². The smallest absolute Gasteiger partial charge is 0.343 e. The SMILES string of the molecule is O=C(Nc1cccnn1)c1cnc2ccc(N3CCCC3C(F)(F)F)nn12. The van der Waals surface area contributed by atoms with Gasteiger partial charge in [0.15, 0.2) is 17.2 Å². The van der Waals surface area contributed by atoms with Gasteiger partial charge in [-0.2, -0.15) is 18.3 Å². The average Bonchev–Trinajstić information content (AvgIpc) is 3.29. The van der Waals surface area contributed by atoms with E-state index in [0.29, 0.717) is 12.1 Å². The Bertz CT molecular complexity index is 973. The van der Waals surface area contributed by atoms with Crippen LogP contribution in [-0.4, -0.2) is 49.5 Å². The largest absolute Gasteiger partial charge is 0.408 e. The summed E-state index contributed by atoms with van der Waals surface area (Å²) in [5.74, 6) is -0.152. The number of rotatable bonds is 3. The maximum atomic E-state index is 13.2. The second-order valence-corrected chi connectivity index (χ2v) is 6.06. The number of imidazole rings is 1. The van der Waals surface area contributed by atoms with Crippen LogP contribution < -0.4 is 10.2 Å². The quantitative estimate of drug-likeness (QED) is 0.754. The van der Waals surface area contributed by atoms with E-state index in [0.717, 1.165) is 0 Å². The van der Waals surface area contributed by atoms with E-state index in [-0.39, 0.29) is 30.3 Å². The van der Waals surface area contributed by atoms with Crippen molar-refractivity contribution in [2.45, 2.75) is 25.1 Å². The Morgan fingerprint density at radius 3 is 2.85 bits per heavy atom. The van der Waals surface area contributed by atoms with Crippen LogP contribution in [0.4, 0.5) is 24.8 Å². The number of halogens is 3. The van der Waals surface area contributed by atoms with Crippen LogP contribution in [0, 0.1) is 0 Å². The number of anilines is 2. The Labute approximate surface area is 151 Å². The first-order valence-corrected chi connectivity index (χ1v) is 8.21. The molecule has 0 saturated carbocycles. The summed E-state index contributed by atoms with van der Waals surface area (Å²) in [5, 5.41) is 14.2. The molecular formula is C16H14F3N7O. The van der Waals surface area contributed by atoms with E-state index >= 15 is 0 Å². The molecule has 1 aliphatic rings. The predicted octanol–water partition coefficient (Wildman–Crippen LogP) is 2.30. The minimum absolute atomic E-state index is 0.0210. The zero-order valence-corrected chi connectivity index (χ0v) is 13.9. The Hall–Kier alpha value is -3.24. The van der Waals surface area contributed by atoms with Crippen LogP contribution >= 0.6 is 0 Å². The topological polar surface area (TPSA) is 88.3 Å². The normalized spacial score (nSPS) is 17.4. The van der Waals surface area contributed by atoms with Crippen molar-refractivity contribution in [3.05, 3.63) is 42.4 Å². The van der Waals surface area contributed by atoms with Crippen LogP contribution in [0.5, 0.6) is 0 Å². The number of carbonyl (C=O) groups excluding carboxylic acids is 1. The van der Waals surface area contributed by atoms with Crippen molar-refractivity contribution in [1.82, 2.24) is 24.8 Å². The highest BCUT2D eigenvalue weighted by molar-refractivity contribution is 6.02. The maximum Gasteiger partial charge on any atom is 0.408 e. The molecule has 1 atom stereocenters. The molecule has 140 valence electrons. The molecular weight excluding hydrogens is 363 g/mol. The standard InChI is InChI=1S/C16H14F3N7O/c17-16(18,19)11-3-2-8-25(11)14-6-5-13-20-9-10(26(13)24-14)15(27)22-12-4-1-7-21-23-12/h1,4-7,9,11H,2-3,8H2,(H,22,23,27). The minimum atomic E-state index is -4.34. The highest BCUT2D eigenvalue weighted by Crippen LogP contribution is 2.35. The van der Waals surface area contributed by atoms with E-state index < -0.39 is 18.1 Å². The molecule has 3 aromatic heterocycles. The first-order chi connectivity index (χ1) is 12.9. The number of hydrogen-bond acceptors (Lipinski definition) is 6. The lowest BCUT2D eigenvalue weighted by molar-refractivity contribution is -0.146. The number of alkyl halides is 3. The molecule has 1 amide bonds. The molecule has 0 aromatic carbocycles. The van der Waals surface area contributed by atoms with Gasteiger partial charge in [-0.1, -0.05) is 0 Å². The average molecular weight is 377 g/mol. The van der Waals surface area contributed by atoms with Crippen LogP contribution in [0.3, 0.4) is 0 Å². The Morgan fingerprint density at radius 1 is 1.26 bits per heavy atom. The van der Waals surface area contributed by atoms with E-state index in [1.807, 2.05) is 0 Å².